The van der Waals surface area contributed by atoms with Crippen LogP contribution in [0.2, 0.25) is 5.02 Å². The fraction of sp³-hybridized carbons (Fsp3) is 0.462. The zero-order valence-electron chi connectivity index (χ0n) is 19.5. The molecule has 0 unspecified atom stereocenters. The highest BCUT2D eigenvalue weighted by Gasteiger charge is 2.47. The molecular formula is C26H29ClN2O4S. The van der Waals surface area contributed by atoms with E-state index in [2.05, 4.69) is 30.9 Å². The lowest BCUT2D eigenvalue weighted by Gasteiger charge is -2.38. The Morgan fingerprint density at radius 3 is 2.44 bits per heavy atom. The van der Waals surface area contributed by atoms with E-state index < -0.39 is 0 Å². The van der Waals surface area contributed by atoms with Crippen molar-refractivity contribution in [2.24, 2.45) is 0 Å². The van der Waals surface area contributed by atoms with Gasteiger partial charge in [0.15, 0.2) is 0 Å². The van der Waals surface area contributed by atoms with Crippen molar-refractivity contribution in [3.63, 3.8) is 0 Å². The number of amides is 1. The summed E-state index contributed by atoms with van der Waals surface area (Å²) in [5.74, 6) is 1.13. The second kappa shape index (κ2) is 10.1. The molecule has 2 fully saturated rings. The van der Waals surface area contributed by atoms with Crippen LogP contribution in [0.15, 0.2) is 47.4 Å². The van der Waals surface area contributed by atoms with E-state index in [0.29, 0.717) is 6.54 Å². The summed E-state index contributed by atoms with van der Waals surface area (Å²) in [6.45, 7) is 8.01. The number of thioether (sulfide) groups is 1. The molecule has 0 N–H and O–H groups in total. The van der Waals surface area contributed by atoms with Gasteiger partial charge in [-0.3, -0.25) is 9.80 Å². The second-order valence-corrected chi connectivity index (χ2v) is 11.3. The average Bonchev–Trinajstić information content (AvgIpc) is 3.13. The number of anilines is 1. The van der Waals surface area contributed by atoms with Gasteiger partial charge in [-0.2, -0.15) is 9.59 Å². The first-order valence-corrected chi connectivity index (χ1v) is 12.9. The Kier molecular flexibility index (Phi) is 7.39. The van der Waals surface area contributed by atoms with Gasteiger partial charge >= 0.3 is 12.2 Å². The zero-order valence-corrected chi connectivity index (χ0v) is 21.1. The fourth-order valence-corrected chi connectivity index (χ4v) is 6.91. The van der Waals surface area contributed by atoms with E-state index in [-0.39, 0.29) is 23.3 Å². The SMILES string of the molecule is CC1(C)CCSc2c(Cl)cc(CN3CCC4(CC3)CN(c3ccccc3)C(=O)O4)cc21.O=C=O. The lowest BCUT2D eigenvalue weighted by Crippen LogP contribution is -2.46. The minimum Gasteiger partial charge on any atom is -0.441 e. The third kappa shape index (κ3) is 5.18. The number of likely N-dealkylation sites (tertiary alicyclic amines) is 1. The summed E-state index contributed by atoms with van der Waals surface area (Å²) in [7, 11) is 0. The molecule has 0 atom stereocenters. The van der Waals surface area contributed by atoms with E-state index >= 15 is 0 Å². The standard InChI is InChI=1S/C25H29ClN2O2S.CO2/c1-24(2)10-13-31-22-20(24)14-18(15-21(22)26)16-27-11-8-25(9-12-27)17-28(23(29)30-25)19-6-4-3-5-7-19;2-1-3/h3-7,14-15H,8-13,16-17H2,1-2H3;. The lowest BCUT2D eigenvalue weighted by molar-refractivity contribution is -0.191. The summed E-state index contributed by atoms with van der Waals surface area (Å²) in [6, 6.07) is 14.3. The predicted octanol–water partition coefficient (Wildman–Crippen LogP) is 5.52. The van der Waals surface area contributed by atoms with Crippen LogP contribution in [0.1, 0.15) is 44.2 Å². The van der Waals surface area contributed by atoms with Gasteiger partial charge in [0.25, 0.3) is 0 Å². The molecule has 3 aliphatic heterocycles. The number of nitrogens with zero attached hydrogens (tertiary/aromatic N) is 2. The first-order valence-electron chi connectivity index (χ1n) is 11.5. The van der Waals surface area contributed by atoms with Crippen molar-refractivity contribution in [1.29, 1.82) is 0 Å². The van der Waals surface area contributed by atoms with Crippen LogP contribution in [0, 0.1) is 0 Å². The van der Waals surface area contributed by atoms with E-state index in [4.69, 9.17) is 25.9 Å². The first kappa shape index (κ1) is 24.8. The average molecular weight is 501 g/mol. The van der Waals surface area contributed by atoms with E-state index in [9.17, 15) is 4.79 Å². The lowest BCUT2D eigenvalue weighted by atomic mass is 9.81. The Morgan fingerprint density at radius 2 is 1.76 bits per heavy atom. The number of ether oxygens (including phenoxy) is 1. The molecule has 180 valence electrons. The maximum Gasteiger partial charge on any atom is 0.415 e. The molecule has 0 aromatic heterocycles. The van der Waals surface area contributed by atoms with Crippen LogP contribution in [0.5, 0.6) is 0 Å². The van der Waals surface area contributed by atoms with Crippen LogP contribution in [0.3, 0.4) is 0 Å². The second-order valence-electron chi connectivity index (χ2n) is 9.77. The van der Waals surface area contributed by atoms with Gasteiger partial charge in [-0.1, -0.05) is 49.7 Å². The van der Waals surface area contributed by atoms with Crippen LogP contribution < -0.4 is 4.90 Å². The Bertz CT molecular complexity index is 1080. The highest BCUT2D eigenvalue weighted by atomic mass is 35.5. The maximum atomic E-state index is 12.5. The molecule has 2 saturated heterocycles. The topological polar surface area (TPSA) is 66.9 Å². The van der Waals surface area contributed by atoms with Crippen LogP contribution in [0.25, 0.3) is 0 Å². The zero-order chi connectivity index (χ0) is 24.3. The molecule has 2 aromatic carbocycles. The van der Waals surface area contributed by atoms with E-state index in [1.807, 2.05) is 42.1 Å². The Balaban J connectivity index is 0.000000868. The number of hydrogen-bond donors (Lipinski definition) is 0. The number of benzene rings is 2. The summed E-state index contributed by atoms with van der Waals surface area (Å²) in [4.78, 5) is 34.3. The normalized spacial score (nSPS) is 20.7. The molecule has 1 amide bonds. The molecule has 34 heavy (non-hydrogen) atoms. The molecule has 5 rings (SSSR count). The van der Waals surface area contributed by atoms with Crippen molar-refractivity contribution in [2.45, 2.75) is 55.6 Å². The summed E-state index contributed by atoms with van der Waals surface area (Å²) in [6.07, 6.45) is 2.94. The van der Waals surface area contributed by atoms with Crippen LogP contribution in [-0.4, -0.2) is 48.1 Å². The minimum atomic E-state index is -0.366. The number of piperidine rings is 1. The Hall–Kier alpha value is -2.31. The molecular weight excluding hydrogens is 472 g/mol. The molecule has 8 heteroatoms. The van der Waals surface area contributed by atoms with Crippen molar-refractivity contribution in [3.8, 4) is 0 Å². The summed E-state index contributed by atoms with van der Waals surface area (Å²) < 4.78 is 5.91. The monoisotopic (exact) mass is 500 g/mol. The van der Waals surface area contributed by atoms with Crippen LogP contribution in [0.4, 0.5) is 10.5 Å². The van der Waals surface area contributed by atoms with Crippen molar-refractivity contribution in [3.05, 3.63) is 58.6 Å². The van der Waals surface area contributed by atoms with Crippen molar-refractivity contribution < 1.29 is 19.1 Å². The van der Waals surface area contributed by atoms with Crippen molar-refractivity contribution in [1.82, 2.24) is 4.90 Å². The summed E-state index contributed by atoms with van der Waals surface area (Å²) >= 11 is 8.56. The molecule has 2 aromatic rings. The number of hydrogen-bond acceptors (Lipinski definition) is 6. The number of halogens is 1. The van der Waals surface area contributed by atoms with Gasteiger partial charge in [-0.25, -0.2) is 4.79 Å². The molecule has 0 saturated carbocycles. The van der Waals surface area contributed by atoms with Crippen molar-refractivity contribution in [2.75, 3.05) is 30.3 Å². The smallest absolute Gasteiger partial charge is 0.415 e. The number of rotatable bonds is 3. The number of carbonyl (C=O) groups is 1. The van der Waals surface area contributed by atoms with Gasteiger partial charge < -0.3 is 4.74 Å². The molecule has 3 aliphatic rings. The maximum absolute atomic E-state index is 12.5. The largest absolute Gasteiger partial charge is 0.441 e. The van der Waals surface area contributed by atoms with E-state index in [0.717, 1.165) is 48.9 Å². The van der Waals surface area contributed by atoms with Gasteiger partial charge in [0, 0.05) is 43.1 Å². The van der Waals surface area contributed by atoms with Gasteiger partial charge in [0.2, 0.25) is 0 Å². The highest BCUT2D eigenvalue weighted by Crippen LogP contribution is 2.45. The predicted molar refractivity (Wildman–Crippen MR) is 132 cm³/mol. The molecule has 0 bridgehead atoms. The Labute approximate surface area is 209 Å². The molecule has 0 aliphatic carbocycles. The third-order valence-electron chi connectivity index (χ3n) is 7.02. The highest BCUT2D eigenvalue weighted by molar-refractivity contribution is 7.99. The number of para-hydroxylation sites is 1. The van der Waals surface area contributed by atoms with Crippen molar-refractivity contribution >= 4 is 41.3 Å². The molecule has 0 radical (unpaired) electrons. The summed E-state index contributed by atoms with van der Waals surface area (Å²) in [5.41, 5.74) is 3.39. The van der Waals surface area contributed by atoms with Crippen LogP contribution in [-0.2, 0) is 26.3 Å². The van der Waals surface area contributed by atoms with E-state index in [1.165, 1.54) is 22.4 Å². The van der Waals surface area contributed by atoms with Gasteiger partial charge in [-0.05, 0) is 46.9 Å². The van der Waals surface area contributed by atoms with Gasteiger partial charge in [-0.15, -0.1) is 11.8 Å². The number of fused-ring (bicyclic) bond motifs is 1. The molecule has 3 heterocycles. The summed E-state index contributed by atoms with van der Waals surface area (Å²) in [5, 5.41) is 0.891. The number of carbonyl (C=O) groups excluding carboxylic acids is 3. The van der Waals surface area contributed by atoms with Gasteiger partial charge in [0.05, 0.1) is 11.6 Å². The first-order chi connectivity index (χ1) is 16.3. The molecule has 1 spiro atoms. The third-order valence-corrected chi connectivity index (χ3v) is 8.56. The quantitative estimate of drug-likeness (QED) is 0.552. The minimum absolute atomic E-state index is 0.172. The Morgan fingerprint density at radius 1 is 1.09 bits per heavy atom. The van der Waals surface area contributed by atoms with E-state index in [1.54, 1.807) is 4.90 Å². The van der Waals surface area contributed by atoms with Gasteiger partial charge in [0.1, 0.15) is 5.60 Å². The fourth-order valence-electron chi connectivity index (χ4n) is 5.00. The molecule has 6 nitrogen and oxygen atoms in total. The van der Waals surface area contributed by atoms with Crippen LogP contribution >= 0.6 is 23.4 Å².